The summed E-state index contributed by atoms with van der Waals surface area (Å²) in [5, 5.41) is 4.59. The van der Waals surface area contributed by atoms with Crippen LogP contribution in [0.5, 0.6) is 0 Å². The molecule has 1 aromatic rings. The molecule has 1 aliphatic heterocycles. The Morgan fingerprint density at radius 2 is 1.90 bits per heavy atom. The number of amides is 5. The first-order valence-electron chi connectivity index (χ1n) is 5.78. The minimum absolute atomic E-state index is 0.0159. The van der Waals surface area contributed by atoms with Gasteiger partial charge < -0.3 is 10.6 Å². The number of carbonyl (C=O) groups is 3. The van der Waals surface area contributed by atoms with Crippen molar-refractivity contribution in [2.75, 3.05) is 19.4 Å². The molecule has 0 bridgehead atoms. The highest BCUT2D eigenvalue weighted by atomic mass is 19.1. The van der Waals surface area contributed by atoms with Crippen LogP contribution < -0.4 is 10.6 Å². The fourth-order valence-corrected chi connectivity index (χ4v) is 1.79. The Labute approximate surface area is 114 Å². The number of carbonyl (C=O) groups excluding carboxylic acids is 3. The molecule has 1 aliphatic rings. The van der Waals surface area contributed by atoms with E-state index in [4.69, 9.17) is 0 Å². The summed E-state index contributed by atoms with van der Waals surface area (Å²) in [5.74, 6) is -1.15. The standard InChI is InChI=1S/C12H13FN4O3/c1-16-9(10(18)17(2)12(16)20)15-11(19)14-8-6-4-3-5-7(8)13/h3-6,9H,1-2H3,(H2,14,15,19). The number of nitrogens with zero attached hydrogens (tertiary/aromatic N) is 2. The van der Waals surface area contributed by atoms with Gasteiger partial charge in [-0.25, -0.2) is 14.0 Å². The van der Waals surface area contributed by atoms with Crippen LogP contribution in [0.1, 0.15) is 0 Å². The number of rotatable bonds is 2. The van der Waals surface area contributed by atoms with Crippen molar-refractivity contribution in [3.8, 4) is 0 Å². The third kappa shape index (κ3) is 2.40. The highest BCUT2D eigenvalue weighted by Gasteiger charge is 2.41. The zero-order valence-corrected chi connectivity index (χ0v) is 10.9. The van der Waals surface area contributed by atoms with Gasteiger partial charge in [0.05, 0.1) is 5.69 Å². The molecule has 1 atom stereocenters. The molecule has 0 aliphatic carbocycles. The van der Waals surface area contributed by atoms with Gasteiger partial charge >= 0.3 is 12.1 Å². The van der Waals surface area contributed by atoms with Crippen molar-refractivity contribution in [1.82, 2.24) is 15.1 Å². The van der Waals surface area contributed by atoms with Crippen molar-refractivity contribution < 1.29 is 18.8 Å². The molecule has 1 heterocycles. The van der Waals surface area contributed by atoms with Gasteiger partial charge in [0, 0.05) is 14.1 Å². The van der Waals surface area contributed by atoms with Gasteiger partial charge in [0.1, 0.15) is 5.82 Å². The second-order valence-electron chi connectivity index (χ2n) is 4.27. The topological polar surface area (TPSA) is 81.8 Å². The quantitative estimate of drug-likeness (QED) is 0.786. The monoisotopic (exact) mass is 280 g/mol. The van der Waals surface area contributed by atoms with Gasteiger partial charge in [0.2, 0.25) is 0 Å². The lowest BCUT2D eigenvalue weighted by atomic mass is 10.3. The number of para-hydroxylation sites is 1. The van der Waals surface area contributed by atoms with Crippen LogP contribution >= 0.6 is 0 Å². The number of hydrogen-bond acceptors (Lipinski definition) is 3. The lowest BCUT2D eigenvalue weighted by Gasteiger charge is -2.17. The smallest absolute Gasteiger partial charge is 0.309 e. The van der Waals surface area contributed by atoms with E-state index in [9.17, 15) is 18.8 Å². The molecule has 7 nitrogen and oxygen atoms in total. The van der Waals surface area contributed by atoms with E-state index in [0.29, 0.717) is 0 Å². The zero-order chi connectivity index (χ0) is 14.9. The predicted molar refractivity (Wildman–Crippen MR) is 68.3 cm³/mol. The van der Waals surface area contributed by atoms with Gasteiger partial charge in [-0.2, -0.15) is 0 Å². The molecule has 2 N–H and O–H groups in total. The maximum Gasteiger partial charge on any atom is 0.328 e. The Morgan fingerprint density at radius 3 is 2.45 bits per heavy atom. The Balaban J connectivity index is 2.04. The van der Waals surface area contributed by atoms with E-state index >= 15 is 0 Å². The number of anilines is 1. The van der Waals surface area contributed by atoms with E-state index in [1.54, 1.807) is 6.07 Å². The number of halogens is 1. The molecule has 1 aromatic carbocycles. The van der Waals surface area contributed by atoms with Crippen LogP contribution in [0.15, 0.2) is 24.3 Å². The molecule has 0 aromatic heterocycles. The number of likely N-dealkylation sites (N-methyl/N-ethyl adjacent to an activating group) is 2. The second kappa shape index (κ2) is 5.16. The van der Waals surface area contributed by atoms with Gasteiger partial charge in [0.15, 0.2) is 6.17 Å². The van der Waals surface area contributed by atoms with E-state index in [2.05, 4.69) is 10.6 Å². The van der Waals surface area contributed by atoms with Crippen LogP contribution in [0.25, 0.3) is 0 Å². The summed E-state index contributed by atoms with van der Waals surface area (Å²) in [6, 6.07) is 4.32. The summed E-state index contributed by atoms with van der Waals surface area (Å²) in [4.78, 5) is 37.0. The Kier molecular flexibility index (Phi) is 3.55. The average Bonchev–Trinajstić information content (AvgIpc) is 2.59. The van der Waals surface area contributed by atoms with Gasteiger partial charge in [-0.3, -0.25) is 14.6 Å². The van der Waals surface area contributed by atoms with E-state index < -0.39 is 30.0 Å². The van der Waals surface area contributed by atoms with Crippen molar-refractivity contribution in [2.45, 2.75) is 6.17 Å². The average molecular weight is 280 g/mol. The van der Waals surface area contributed by atoms with Crippen molar-refractivity contribution in [3.63, 3.8) is 0 Å². The largest absolute Gasteiger partial charge is 0.328 e. The van der Waals surface area contributed by atoms with Gasteiger partial charge in [0.25, 0.3) is 5.91 Å². The summed E-state index contributed by atoms with van der Waals surface area (Å²) >= 11 is 0. The molecule has 106 valence electrons. The van der Waals surface area contributed by atoms with Gasteiger partial charge in [-0.05, 0) is 12.1 Å². The fraction of sp³-hybridized carbons (Fsp3) is 0.250. The highest BCUT2D eigenvalue weighted by Crippen LogP contribution is 2.14. The molecule has 1 unspecified atom stereocenters. The first kappa shape index (κ1) is 13.8. The van der Waals surface area contributed by atoms with Crippen LogP contribution in [0, 0.1) is 5.82 Å². The summed E-state index contributed by atoms with van der Waals surface area (Å²) in [6.45, 7) is 0. The zero-order valence-electron chi connectivity index (χ0n) is 10.9. The normalized spacial score (nSPS) is 18.4. The molecule has 2 rings (SSSR count). The van der Waals surface area contributed by atoms with Crippen LogP contribution in [0.4, 0.5) is 19.7 Å². The number of benzene rings is 1. The second-order valence-corrected chi connectivity index (χ2v) is 4.27. The number of urea groups is 2. The lowest BCUT2D eigenvalue weighted by Crippen LogP contribution is -2.48. The first-order chi connectivity index (χ1) is 9.41. The Hall–Kier alpha value is -2.64. The van der Waals surface area contributed by atoms with Crippen LogP contribution in [0.3, 0.4) is 0 Å². The summed E-state index contributed by atoms with van der Waals surface area (Å²) in [5.41, 5.74) is -0.0159. The third-order valence-corrected chi connectivity index (χ3v) is 2.93. The summed E-state index contributed by atoms with van der Waals surface area (Å²) in [7, 11) is 2.70. The van der Waals surface area contributed by atoms with E-state index in [1.165, 1.54) is 32.3 Å². The van der Waals surface area contributed by atoms with Crippen molar-refractivity contribution in [1.29, 1.82) is 0 Å². The minimum atomic E-state index is -1.10. The molecule has 0 saturated carbocycles. The highest BCUT2D eigenvalue weighted by molar-refractivity contribution is 6.05. The lowest BCUT2D eigenvalue weighted by molar-refractivity contribution is -0.127. The molecule has 8 heteroatoms. The molecule has 5 amide bonds. The van der Waals surface area contributed by atoms with E-state index in [-0.39, 0.29) is 5.69 Å². The number of imide groups is 1. The maximum absolute atomic E-state index is 13.4. The maximum atomic E-state index is 13.4. The van der Waals surface area contributed by atoms with E-state index in [0.717, 1.165) is 9.80 Å². The first-order valence-corrected chi connectivity index (χ1v) is 5.78. The fourth-order valence-electron chi connectivity index (χ4n) is 1.79. The molecule has 0 radical (unpaired) electrons. The SMILES string of the molecule is CN1C(=O)C(NC(=O)Nc2ccccc2F)N(C)C1=O. The molecule has 1 fully saturated rings. The summed E-state index contributed by atoms with van der Waals surface area (Å²) < 4.78 is 13.4. The molecular weight excluding hydrogens is 267 g/mol. The van der Waals surface area contributed by atoms with Gasteiger partial charge in [-0.1, -0.05) is 12.1 Å². The molecule has 20 heavy (non-hydrogen) atoms. The van der Waals surface area contributed by atoms with Crippen molar-refractivity contribution in [3.05, 3.63) is 30.1 Å². The Morgan fingerprint density at radius 1 is 1.25 bits per heavy atom. The molecular formula is C12H13FN4O3. The van der Waals surface area contributed by atoms with Crippen LogP contribution in [-0.2, 0) is 4.79 Å². The summed E-state index contributed by atoms with van der Waals surface area (Å²) in [6.07, 6.45) is -1.10. The van der Waals surface area contributed by atoms with Crippen molar-refractivity contribution in [2.24, 2.45) is 0 Å². The number of hydrogen-bond donors (Lipinski definition) is 2. The van der Waals surface area contributed by atoms with Gasteiger partial charge in [-0.15, -0.1) is 0 Å². The van der Waals surface area contributed by atoms with Crippen molar-refractivity contribution >= 4 is 23.7 Å². The predicted octanol–water partition coefficient (Wildman–Crippen LogP) is 0.797. The molecule has 1 saturated heterocycles. The van der Waals surface area contributed by atoms with Crippen LogP contribution in [-0.4, -0.2) is 48.0 Å². The Bertz CT molecular complexity index is 578. The minimum Gasteiger partial charge on any atom is -0.309 e. The van der Waals surface area contributed by atoms with E-state index in [1.807, 2.05) is 0 Å². The van der Waals surface area contributed by atoms with Crippen LogP contribution in [0.2, 0.25) is 0 Å². The molecule has 0 spiro atoms. The number of nitrogens with one attached hydrogen (secondary N) is 2. The third-order valence-electron chi connectivity index (χ3n) is 2.93.